The number of rotatable bonds is 10. The maximum absolute atomic E-state index is 13.7. The van der Waals surface area contributed by atoms with E-state index in [4.69, 9.17) is 16.2 Å². The maximum Gasteiger partial charge on any atom is 0.225 e. The van der Waals surface area contributed by atoms with Gasteiger partial charge in [-0.3, -0.25) is 9.59 Å². The number of nitrogens with zero attached hydrogens (tertiary/aromatic N) is 4. The molecule has 9 heteroatoms. The maximum atomic E-state index is 13.7. The summed E-state index contributed by atoms with van der Waals surface area (Å²) in [5.41, 5.74) is 17.3. The zero-order valence-electron chi connectivity index (χ0n) is 26.8. The van der Waals surface area contributed by atoms with Crippen molar-refractivity contribution in [1.82, 2.24) is 9.80 Å². The number of nitrogens with two attached hydrogens (primary N) is 2. The molecular weight excluding hydrogens is 588 g/mol. The van der Waals surface area contributed by atoms with E-state index in [0.717, 1.165) is 60.1 Å². The zero-order chi connectivity index (χ0) is 32.6. The summed E-state index contributed by atoms with van der Waals surface area (Å²) in [5.74, 6) is 0.0977. The Morgan fingerprint density at radius 3 is 1.19 bits per heavy atom. The minimum absolute atomic E-state index is 0.0488. The molecule has 2 saturated heterocycles. The molecule has 0 radical (unpaired) electrons. The third-order valence-corrected chi connectivity index (χ3v) is 9.17. The summed E-state index contributed by atoms with van der Waals surface area (Å²) >= 11 is 0. The minimum Gasteiger partial charge on any atom is -0.399 e. The van der Waals surface area contributed by atoms with E-state index in [9.17, 15) is 9.59 Å². The number of hydrogen-bond donors (Lipinski definition) is 2. The summed E-state index contributed by atoms with van der Waals surface area (Å²) in [6.07, 6.45) is -0.605. The molecule has 0 aliphatic carbocycles. The SMILES string of the molecule is Nc1ccc(N2CCN(C(=O)CC(OC(CC(=O)N3CCN(c4ccc(N)cc4)CC3)c3ccccc3)c3ccccc3)CC2)cc1. The van der Waals surface area contributed by atoms with Crippen LogP contribution in [0.25, 0.3) is 0 Å². The Hall–Kier alpha value is -5.02. The van der Waals surface area contributed by atoms with E-state index < -0.39 is 12.2 Å². The second-order valence-corrected chi connectivity index (χ2v) is 12.3. The lowest BCUT2D eigenvalue weighted by atomic mass is 10.0. The molecule has 2 unspecified atom stereocenters. The van der Waals surface area contributed by atoms with Crippen LogP contribution in [0.4, 0.5) is 22.7 Å². The predicted octanol–water partition coefficient (Wildman–Crippen LogP) is 5.13. The molecule has 2 aliphatic heterocycles. The number of carbonyl (C=O) groups excluding carboxylic acids is 2. The lowest BCUT2D eigenvalue weighted by Crippen LogP contribution is -2.49. The fraction of sp³-hybridized carbons (Fsp3) is 0.316. The van der Waals surface area contributed by atoms with Gasteiger partial charge >= 0.3 is 0 Å². The molecular formula is C38H44N6O3. The van der Waals surface area contributed by atoms with Crippen molar-refractivity contribution < 1.29 is 14.3 Å². The van der Waals surface area contributed by atoms with Crippen LogP contribution >= 0.6 is 0 Å². The first kappa shape index (κ1) is 31.9. The highest BCUT2D eigenvalue weighted by atomic mass is 16.5. The van der Waals surface area contributed by atoms with Gasteiger partial charge in [-0.05, 0) is 59.7 Å². The van der Waals surface area contributed by atoms with Gasteiger partial charge in [-0.15, -0.1) is 0 Å². The summed E-state index contributed by atoms with van der Waals surface area (Å²) in [7, 11) is 0. The molecule has 2 heterocycles. The van der Waals surface area contributed by atoms with Crippen LogP contribution in [0.2, 0.25) is 0 Å². The Morgan fingerprint density at radius 1 is 0.511 bits per heavy atom. The van der Waals surface area contributed by atoms with Crippen molar-refractivity contribution in [3.8, 4) is 0 Å². The number of carbonyl (C=O) groups is 2. The molecule has 0 saturated carbocycles. The first-order chi connectivity index (χ1) is 22.9. The molecule has 4 aromatic rings. The Balaban J connectivity index is 1.12. The number of piperazine rings is 2. The van der Waals surface area contributed by atoms with Crippen LogP contribution in [-0.4, -0.2) is 74.0 Å². The van der Waals surface area contributed by atoms with Crippen molar-refractivity contribution in [2.75, 3.05) is 73.6 Å². The highest BCUT2D eigenvalue weighted by Crippen LogP contribution is 2.33. The molecule has 0 spiro atoms. The van der Waals surface area contributed by atoms with Gasteiger partial charge in [-0.1, -0.05) is 60.7 Å². The Labute approximate surface area is 277 Å². The third-order valence-electron chi connectivity index (χ3n) is 9.17. The van der Waals surface area contributed by atoms with Crippen LogP contribution in [0.3, 0.4) is 0 Å². The number of hydrogen-bond acceptors (Lipinski definition) is 7. The van der Waals surface area contributed by atoms with E-state index in [2.05, 4.69) is 9.80 Å². The van der Waals surface area contributed by atoms with Crippen molar-refractivity contribution in [3.63, 3.8) is 0 Å². The van der Waals surface area contributed by atoms with Crippen molar-refractivity contribution in [2.24, 2.45) is 0 Å². The van der Waals surface area contributed by atoms with Gasteiger partial charge in [0.05, 0.1) is 25.0 Å². The fourth-order valence-corrected chi connectivity index (χ4v) is 6.40. The van der Waals surface area contributed by atoms with Crippen LogP contribution < -0.4 is 21.3 Å². The molecule has 2 atom stereocenters. The Bertz CT molecular complexity index is 1460. The molecule has 0 aromatic heterocycles. The summed E-state index contributed by atoms with van der Waals surface area (Å²) in [5, 5.41) is 0. The molecule has 2 amide bonds. The molecule has 4 N–H and O–H groups in total. The largest absolute Gasteiger partial charge is 0.399 e. The van der Waals surface area contributed by atoms with Crippen molar-refractivity contribution in [2.45, 2.75) is 25.0 Å². The molecule has 47 heavy (non-hydrogen) atoms. The van der Waals surface area contributed by atoms with E-state index in [1.54, 1.807) is 0 Å². The van der Waals surface area contributed by atoms with Crippen molar-refractivity contribution >= 4 is 34.6 Å². The molecule has 0 bridgehead atoms. The number of amides is 2. The van der Waals surface area contributed by atoms with E-state index >= 15 is 0 Å². The van der Waals surface area contributed by atoms with Crippen LogP contribution in [0, 0.1) is 0 Å². The summed E-state index contributed by atoms with van der Waals surface area (Å²) < 4.78 is 6.81. The highest BCUT2D eigenvalue weighted by molar-refractivity contribution is 5.78. The normalized spacial score (nSPS) is 16.5. The monoisotopic (exact) mass is 632 g/mol. The van der Waals surface area contributed by atoms with Crippen LogP contribution in [-0.2, 0) is 14.3 Å². The average molecular weight is 633 g/mol. The van der Waals surface area contributed by atoms with E-state index in [0.29, 0.717) is 26.2 Å². The smallest absolute Gasteiger partial charge is 0.225 e. The molecule has 2 fully saturated rings. The van der Waals surface area contributed by atoms with Gasteiger partial charge in [0.25, 0.3) is 0 Å². The first-order valence-electron chi connectivity index (χ1n) is 16.4. The van der Waals surface area contributed by atoms with Gasteiger partial charge in [0.2, 0.25) is 11.8 Å². The quantitative estimate of drug-likeness (QED) is 0.234. The number of ether oxygens (including phenoxy) is 1. The van der Waals surface area contributed by atoms with Gasteiger partial charge in [-0.2, -0.15) is 0 Å². The summed E-state index contributed by atoms with van der Waals surface area (Å²) in [6, 6.07) is 35.5. The van der Waals surface area contributed by atoms with Crippen molar-refractivity contribution in [1.29, 1.82) is 0 Å². The van der Waals surface area contributed by atoms with Gasteiger partial charge < -0.3 is 35.8 Å². The number of nitrogen functional groups attached to an aromatic ring is 2. The highest BCUT2D eigenvalue weighted by Gasteiger charge is 2.30. The van der Waals surface area contributed by atoms with E-state index in [1.807, 2.05) is 119 Å². The molecule has 4 aromatic carbocycles. The van der Waals surface area contributed by atoms with Crippen LogP contribution in [0.5, 0.6) is 0 Å². The van der Waals surface area contributed by atoms with Crippen LogP contribution in [0.1, 0.15) is 36.2 Å². The fourth-order valence-electron chi connectivity index (χ4n) is 6.40. The van der Waals surface area contributed by atoms with E-state index in [-0.39, 0.29) is 24.7 Å². The second-order valence-electron chi connectivity index (χ2n) is 12.3. The lowest BCUT2D eigenvalue weighted by Gasteiger charge is -2.37. The third kappa shape index (κ3) is 8.23. The standard InChI is InChI=1S/C38H44N6O3/c39-31-11-15-33(16-12-31)41-19-23-43(24-20-41)37(45)27-35(29-7-3-1-4-8-29)47-36(30-9-5-2-6-10-30)28-38(46)44-25-21-42(22-26-44)34-17-13-32(40)14-18-34/h1-18,35-36H,19-28,39-40H2. The number of anilines is 4. The second kappa shape index (κ2) is 15.0. The summed E-state index contributed by atoms with van der Waals surface area (Å²) in [4.78, 5) is 35.9. The molecule has 9 nitrogen and oxygen atoms in total. The van der Waals surface area contributed by atoms with Gasteiger partial charge in [0, 0.05) is 75.1 Å². The van der Waals surface area contributed by atoms with Gasteiger partial charge in [0.1, 0.15) is 0 Å². The van der Waals surface area contributed by atoms with E-state index in [1.165, 1.54) is 0 Å². The molecule has 6 rings (SSSR count). The Morgan fingerprint density at radius 2 is 0.851 bits per heavy atom. The first-order valence-corrected chi connectivity index (χ1v) is 16.4. The topological polar surface area (TPSA) is 108 Å². The average Bonchev–Trinajstić information content (AvgIpc) is 3.12. The summed E-state index contributed by atoms with van der Waals surface area (Å²) in [6.45, 7) is 5.53. The van der Waals surface area contributed by atoms with Crippen molar-refractivity contribution in [3.05, 3.63) is 120 Å². The molecule has 2 aliphatic rings. The lowest BCUT2D eigenvalue weighted by molar-refractivity contribution is -0.139. The minimum atomic E-state index is -0.501. The van der Waals surface area contributed by atoms with Gasteiger partial charge in [0.15, 0.2) is 0 Å². The Kier molecular flexibility index (Phi) is 10.2. The number of benzene rings is 4. The zero-order valence-corrected chi connectivity index (χ0v) is 26.8. The van der Waals surface area contributed by atoms with Crippen LogP contribution in [0.15, 0.2) is 109 Å². The predicted molar refractivity (Wildman–Crippen MR) is 188 cm³/mol. The molecule has 244 valence electrons. The van der Waals surface area contributed by atoms with Gasteiger partial charge in [-0.25, -0.2) is 0 Å².